The Balaban J connectivity index is 1.91. The number of sulfonamides is 1. The predicted molar refractivity (Wildman–Crippen MR) is 112 cm³/mol. The molecule has 0 bridgehead atoms. The minimum absolute atomic E-state index is 0.0104. The molecule has 2 aromatic carbocycles. The monoisotopic (exact) mass is 464 g/mol. The highest BCUT2D eigenvalue weighted by Gasteiger charge is 2.35. The van der Waals surface area contributed by atoms with Crippen molar-refractivity contribution in [2.24, 2.45) is 5.92 Å². The highest BCUT2D eigenvalue weighted by molar-refractivity contribution is 7.92. The maximum atomic E-state index is 12.9. The summed E-state index contributed by atoms with van der Waals surface area (Å²) in [5, 5.41) is 18.6. The van der Waals surface area contributed by atoms with Gasteiger partial charge in [-0.2, -0.15) is 0 Å². The van der Waals surface area contributed by atoms with E-state index in [1.54, 1.807) is 0 Å². The van der Waals surface area contributed by atoms with Crippen LogP contribution in [0.15, 0.2) is 41.3 Å². The lowest BCUT2D eigenvalue weighted by Crippen LogP contribution is -2.25. The Morgan fingerprint density at radius 3 is 2.25 bits per heavy atom. The van der Waals surface area contributed by atoms with Gasteiger partial charge in [-0.05, 0) is 30.3 Å². The van der Waals surface area contributed by atoms with Crippen molar-refractivity contribution in [3.05, 3.63) is 42.0 Å². The number of aromatic carboxylic acids is 1. The van der Waals surface area contributed by atoms with Gasteiger partial charge < -0.3 is 24.6 Å². The smallest absolute Gasteiger partial charge is 0.338 e. The lowest BCUT2D eigenvalue weighted by atomic mass is 10.1. The summed E-state index contributed by atoms with van der Waals surface area (Å²) >= 11 is 0. The Morgan fingerprint density at radius 2 is 1.75 bits per heavy atom. The summed E-state index contributed by atoms with van der Waals surface area (Å²) in [6.45, 7) is -0.0104. The number of carbonyl (C=O) groups is 3. The van der Waals surface area contributed by atoms with Gasteiger partial charge in [-0.3, -0.25) is 14.3 Å². The molecule has 0 saturated carbocycles. The molecule has 3 rings (SSSR count). The van der Waals surface area contributed by atoms with E-state index in [9.17, 15) is 27.9 Å². The number of rotatable bonds is 8. The number of amides is 1. The Labute approximate surface area is 183 Å². The van der Waals surface area contributed by atoms with Crippen LogP contribution in [0.2, 0.25) is 0 Å². The number of ether oxygens (including phenoxy) is 2. The van der Waals surface area contributed by atoms with Gasteiger partial charge in [0.05, 0.1) is 30.6 Å². The van der Waals surface area contributed by atoms with Crippen molar-refractivity contribution in [1.29, 1.82) is 0 Å². The zero-order chi connectivity index (χ0) is 23.6. The van der Waals surface area contributed by atoms with Crippen molar-refractivity contribution in [2.75, 3.05) is 30.4 Å². The molecule has 1 aliphatic rings. The molecule has 0 aliphatic carbocycles. The molecule has 1 amide bonds. The molecule has 1 unspecified atom stereocenters. The first-order valence-corrected chi connectivity index (χ1v) is 10.7. The molecule has 1 aliphatic heterocycles. The first-order chi connectivity index (χ1) is 15.1. The lowest BCUT2D eigenvalue weighted by molar-refractivity contribution is -0.141. The average Bonchev–Trinajstić information content (AvgIpc) is 3.15. The maximum absolute atomic E-state index is 12.9. The van der Waals surface area contributed by atoms with E-state index in [2.05, 4.69) is 4.72 Å². The Hall–Kier alpha value is -3.80. The molecule has 1 fully saturated rings. The summed E-state index contributed by atoms with van der Waals surface area (Å²) in [7, 11) is -1.65. The Kier molecular flexibility index (Phi) is 6.25. The van der Waals surface area contributed by atoms with Gasteiger partial charge in [0.15, 0.2) is 0 Å². The fraction of sp³-hybridized carbons (Fsp3) is 0.250. The normalized spacial score (nSPS) is 16.0. The standard InChI is InChI=1S/C20H20N2O9S/c1-30-13-8-15(20(26)27)18(16(9-13)31-2)21-32(28,29)14-5-3-12(4-6-14)22-10-11(19(24)25)7-17(22)23/h3-6,8-9,11,21H,7,10H2,1-2H3,(H,24,25)(H,26,27). The number of carbonyl (C=O) groups excluding carboxylic acids is 1. The van der Waals surface area contributed by atoms with Gasteiger partial charge in [0.2, 0.25) is 5.91 Å². The molecule has 2 aromatic rings. The van der Waals surface area contributed by atoms with Crippen molar-refractivity contribution in [3.63, 3.8) is 0 Å². The summed E-state index contributed by atoms with van der Waals surface area (Å²) in [5.41, 5.74) is -0.293. The van der Waals surface area contributed by atoms with Crippen molar-refractivity contribution >= 4 is 39.2 Å². The van der Waals surface area contributed by atoms with Crippen LogP contribution in [0.25, 0.3) is 0 Å². The molecule has 32 heavy (non-hydrogen) atoms. The SMILES string of the molecule is COc1cc(OC)c(NS(=O)(=O)c2ccc(N3CC(C(=O)O)CC3=O)cc2)c(C(=O)O)c1. The van der Waals surface area contributed by atoms with Crippen molar-refractivity contribution in [2.45, 2.75) is 11.3 Å². The van der Waals surface area contributed by atoms with Crippen LogP contribution in [0.1, 0.15) is 16.8 Å². The first-order valence-electron chi connectivity index (χ1n) is 9.22. The molecule has 12 heteroatoms. The third-order valence-electron chi connectivity index (χ3n) is 4.93. The third-order valence-corrected chi connectivity index (χ3v) is 6.30. The van der Waals surface area contributed by atoms with Gasteiger partial charge >= 0.3 is 11.9 Å². The second-order valence-corrected chi connectivity index (χ2v) is 8.58. The van der Waals surface area contributed by atoms with E-state index in [0.29, 0.717) is 5.69 Å². The predicted octanol–water partition coefficient (Wildman–Crippen LogP) is 1.64. The van der Waals surface area contributed by atoms with E-state index in [4.69, 9.17) is 14.6 Å². The van der Waals surface area contributed by atoms with Crippen LogP contribution < -0.4 is 19.1 Å². The van der Waals surface area contributed by atoms with E-state index >= 15 is 0 Å². The average molecular weight is 464 g/mol. The second-order valence-electron chi connectivity index (χ2n) is 6.90. The van der Waals surface area contributed by atoms with Gasteiger partial charge in [-0.25, -0.2) is 13.2 Å². The quantitative estimate of drug-likeness (QED) is 0.528. The van der Waals surface area contributed by atoms with E-state index in [1.165, 1.54) is 49.5 Å². The van der Waals surface area contributed by atoms with Gasteiger partial charge in [0.1, 0.15) is 17.2 Å². The van der Waals surface area contributed by atoms with Gasteiger partial charge in [-0.1, -0.05) is 0 Å². The Bertz CT molecular complexity index is 1180. The van der Waals surface area contributed by atoms with Gasteiger partial charge in [0, 0.05) is 24.7 Å². The Morgan fingerprint density at radius 1 is 1.09 bits per heavy atom. The van der Waals surface area contributed by atoms with E-state index in [1.807, 2.05) is 0 Å². The number of anilines is 2. The molecular formula is C20H20N2O9S. The molecule has 0 aromatic heterocycles. The number of nitrogens with one attached hydrogen (secondary N) is 1. The zero-order valence-electron chi connectivity index (χ0n) is 17.1. The molecule has 11 nitrogen and oxygen atoms in total. The molecule has 1 atom stereocenters. The number of aliphatic carboxylic acids is 1. The molecule has 1 heterocycles. The molecule has 170 valence electrons. The van der Waals surface area contributed by atoms with E-state index in [0.717, 1.165) is 6.07 Å². The zero-order valence-corrected chi connectivity index (χ0v) is 17.9. The molecule has 0 radical (unpaired) electrons. The molecule has 0 spiro atoms. The summed E-state index contributed by atoms with van der Waals surface area (Å²) < 4.78 is 38.2. The highest BCUT2D eigenvalue weighted by Crippen LogP contribution is 2.35. The number of benzene rings is 2. The summed E-state index contributed by atoms with van der Waals surface area (Å²) in [6.07, 6.45) is -0.133. The number of nitrogens with zero attached hydrogens (tertiary/aromatic N) is 1. The van der Waals surface area contributed by atoms with Crippen LogP contribution in [0.4, 0.5) is 11.4 Å². The van der Waals surface area contributed by atoms with Crippen LogP contribution in [-0.2, 0) is 19.6 Å². The number of carboxylic acid groups (broad SMARTS) is 2. The number of carboxylic acids is 2. The molecular weight excluding hydrogens is 444 g/mol. The largest absolute Gasteiger partial charge is 0.497 e. The molecule has 3 N–H and O–H groups in total. The lowest BCUT2D eigenvalue weighted by Gasteiger charge is -2.18. The van der Waals surface area contributed by atoms with Gasteiger partial charge in [0.25, 0.3) is 10.0 Å². The summed E-state index contributed by atoms with van der Waals surface area (Å²) in [5.74, 6) is -3.56. The first kappa shape index (κ1) is 22.9. The number of methoxy groups -OCH3 is 2. The van der Waals surface area contributed by atoms with Crippen LogP contribution in [-0.4, -0.2) is 57.2 Å². The van der Waals surface area contributed by atoms with Gasteiger partial charge in [-0.15, -0.1) is 0 Å². The fourth-order valence-electron chi connectivity index (χ4n) is 3.26. The van der Waals surface area contributed by atoms with Crippen molar-refractivity contribution in [3.8, 4) is 11.5 Å². The van der Waals surface area contributed by atoms with E-state index < -0.39 is 27.9 Å². The van der Waals surface area contributed by atoms with Crippen molar-refractivity contribution < 1.29 is 42.5 Å². The summed E-state index contributed by atoms with van der Waals surface area (Å²) in [6, 6.07) is 7.71. The number of hydrogen-bond acceptors (Lipinski definition) is 7. The maximum Gasteiger partial charge on any atom is 0.338 e. The topological polar surface area (TPSA) is 160 Å². The van der Waals surface area contributed by atoms with Crippen LogP contribution in [0, 0.1) is 5.92 Å². The fourth-order valence-corrected chi connectivity index (χ4v) is 4.36. The minimum atomic E-state index is -4.23. The van der Waals surface area contributed by atoms with Crippen LogP contribution in [0.5, 0.6) is 11.5 Å². The molecule has 1 saturated heterocycles. The highest BCUT2D eigenvalue weighted by atomic mass is 32.2. The number of hydrogen-bond donors (Lipinski definition) is 3. The second kappa shape index (κ2) is 8.75. The van der Waals surface area contributed by atoms with Crippen LogP contribution in [0.3, 0.4) is 0 Å². The van der Waals surface area contributed by atoms with Crippen LogP contribution >= 0.6 is 0 Å². The van der Waals surface area contributed by atoms with Crippen molar-refractivity contribution in [1.82, 2.24) is 0 Å². The summed E-state index contributed by atoms with van der Waals surface area (Å²) in [4.78, 5) is 35.9. The minimum Gasteiger partial charge on any atom is -0.497 e. The van der Waals surface area contributed by atoms with E-state index in [-0.39, 0.29) is 46.5 Å². The third kappa shape index (κ3) is 4.44.